The minimum absolute atomic E-state index is 0.567. The molecule has 2 heterocycles. The van der Waals surface area contributed by atoms with Gasteiger partial charge in [-0.15, -0.1) is 0 Å². The van der Waals surface area contributed by atoms with Crippen LogP contribution in [0.3, 0.4) is 0 Å². The van der Waals surface area contributed by atoms with Crippen LogP contribution < -0.4 is 5.73 Å². The van der Waals surface area contributed by atoms with Gasteiger partial charge < -0.3 is 10.5 Å². The van der Waals surface area contributed by atoms with E-state index in [1.807, 2.05) is 11.8 Å². The van der Waals surface area contributed by atoms with E-state index in [1.165, 1.54) is 32.1 Å². The Morgan fingerprint density at radius 2 is 2.05 bits per heavy atom. The predicted octanol–water partition coefficient (Wildman–Crippen LogP) is 2.70. The van der Waals surface area contributed by atoms with Crippen LogP contribution in [-0.2, 0) is 23.5 Å². The number of aromatic nitrogens is 2. The molecule has 0 radical (unpaired) electrons. The summed E-state index contributed by atoms with van der Waals surface area (Å²) in [6.45, 7) is 1.32. The lowest BCUT2D eigenvalue weighted by atomic mass is 10.0. The largest absolute Gasteiger partial charge is 0.383 e. The Bertz CT molecular complexity index is 447. The van der Waals surface area contributed by atoms with Crippen LogP contribution in [0.1, 0.15) is 49.2 Å². The molecule has 3 rings (SSSR count). The van der Waals surface area contributed by atoms with Gasteiger partial charge in [-0.05, 0) is 12.8 Å². The normalized spacial score (nSPS) is 20.2. The minimum Gasteiger partial charge on any atom is -0.383 e. The van der Waals surface area contributed by atoms with Gasteiger partial charge in [-0.3, -0.25) is 0 Å². The van der Waals surface area contributed by atoms with Gasteiger partial charge in [0.25, 0.3) is 0 Å². The van der Waals surface area contributed by atoms with Crippen LogP contribution >= 0.6 is 11.8 Å². The van der Waals surface area contributed by atoms with Gasteiger partial charge in [0, 0.05) is 17.2 Å². The molecule has 0 aromatic carbocycles. The first-order valence-corrected chi connectivity index (χ1v) is 8.21. The van der Waals surface area contributed by atoms with Gasteiger partial charge in [-0.1, -0.05) is 19.3 Å². The molecule has 0 atom stereocenters. The second kappa shape index (κ2) is 6.09. The highest BCUT2D eigenvalue weighted by atomic mass is 32.2. The highest BCUT2D eigenvalue weighted by Gasteiger charge is 2.18. The summed E-state index contributed by atoms with van der Waals surface area (Å²) in [5.74, 6) is 2.40. The molecule has 0 unspecified atom stereocenters. The van der Waals surface area contributed by atoms with Crippen LogP contribution in [0, 0.1) is 0 Å². The zero-order valence-corrected chi connectivity index (χ0v) is 12.0. The van der Waals surface area contributed by atoms with Gasteiger partial charge in [0.1, 0.15) is 11.6 Å². The smallest absolute Gasteiger partial charge is 0.140 e. The zero-order valence-electron chi connectivity index (χ0n) is 11.2. The minimum atomic E-state index is 0.567. The number of anilines is 1. The fourth-order valence-electron chi connectivity index (χ4n) is 2.80. The van der Waals surface area contributed by atoms with Crippen molar-refractivity contribution in [2.24, 2.45) is 0 Å². The molecular formula is C14H21N3OS. The number of nitrogen functional groups attached to an aromatic ring is 1. The van der Waals surface area contributed by atoms with Gasteiger partial charge in [0.2, 0.25) is 0 Å². The first-order chi connectivity index (χ1) is 9.33. The Balaban J connectivity index is 1.65. The Morgan fingerprint density at radius 3 is 2.89 bits per heavy atom. The molecular weight excluding hydrogens is 258 g/mol. The van der Waals surface area contributed by atoms with Crippen molar-refractivity contribution in [2.75, 3.05) is 12.3 Å². The number of ether oxygens (including phenoxy) is 1. The monoisotopic (exact) mass is 279 g/mol. The highest BCUT2D eigenvalue weighted by molar-refractivity contribution is 7.99. The van der Waals surface area contributed by atoms with E-state index in [-0.39, 0.29) is 0 Å². The molecule has 1 saturated carbocycles. The lowest BCUT2D eigenvalue weighted by Gasteiger charge is -2.21. The maximum absolute atomic E-state index is 6.01. The maximum Gasteiger partial charge on any atom is 0.140 e. The third kappa shape index (κ3) is 3.20. The molecule has 0 amide bonds. The van der Waals surface area contributed by atoms with Crippen molar-refractivity contribution < 1.29 is 4.74 Å². The fourth-order valence-corrected chi connectivity index (χ4v) is 3.98. The fraction of sp³-hybridized carbons (Fsp3) is 0.714. The Hall–Kier alpha value is -0.810. The van der Waals surface area contributed by atoms with Gasteiger partial charge in [0.05, 0.1) is 24.7 Å². The van der Waals surface area contributed by atoms with E-state index in [9.17, 15) is 0 Å². The van der Waals surface area contributed by atoms with Crippen LogP contribution in [0.4, 0.5) is 5.82 Å². The van der Waals surface area contributed by atoms with Gasteiger partial charge in [0.15, 0.2) is 0 Å². The molecule has 104 valence electrons. The SMILES string of the molecule is Nc1nc(CSC2CCCCC2)nc2c1COCC2. The first kappa shape index (κ1) is 13.2. The van der Waals surface area contributed by atoms with Crippen LogP contribution in [-0.4, -0.2) is 21.8 Å². The average Bonchev–Trinajstić information content (AvgIpc) is 2.46. The number of nitrogens with zero attached hydrogens (tertiary/aromatic N) is 2. The second-order valence-electron chi connectivity index (χ2n) is 5.32. The van der Waals surface area contributed by atoms with Crippen LogP contribution in [0.25, 0.3) is 0 Å². The van der Waals surface area contributed by atoms with E-state index in [2.05, 4.69) is 9.97 Å². The highest BCUT2D eigenvalue weighted by Crippen LogP contribution is 2.30. The van der Waals surface area contributed by atoms with Crippen molar-refractivity contribution in [2.45, 2.75) is 56.1 Å². The Labute approximate surface area is 118 Å². The third-order valence-corrected chi connectivity index (χ3v) is 5.27. The summed E-state index contributed by atoms with van der Waals surface area (Å²) in [6.07, 6.45) is 7.71. The maximum atomic E-state index is 6.01. The third-order valence-electron chi connectivity index (χ3n) is 3.90. The lowest BCUT2D eigenvalue weighted by Crippen LogP contribution is -2.17. The summed E-state index contributed by atoms with van der Waals surface area (Å²) in [5.41, 5.74) is 8.10. The number of fused-ring (bicyclic) bond motifs is 1. The zero-order chi connectivity index (χ0) is 13.1. The molecule has 1 aliphatic carbocycles. The topological polar surface area (TPSA) is 61.0 Å². The van der Waals surface area contributed by atoms with Gasteiger partial charge >= 0.3 is 0 Å². The number of hydrogen-bond acceptors (Lipinski definition) is 5. The van der Waals surface area contributed by atoms with Crippen molar-refractivity contribution in [3.63, 3.8) is 0 Å². The predicted molar refractivity (Wildman–Crippen MR) is 78.0 cm³/mol. The molecule has 19 heavy (non-hydrogen) atoms. The average molecular weight is 279 g/mol. The lowest BCUT2D eigenvalue weighted by molar-refractivity contribution is 0.109. The molecule has 1 aromatic rings. The molecule has 1 aliphatic heterocycles. The second-order valence-corrected chi connectivity index (χ2v) is 6.61. The number of rotatable bonds is 3. The van der Waals surface area contributed by atoms with Crippen molar-refractivity contribution in [3.8, 4) is 0 Å². The molecule has 1 aromatic heterocycles. The van der Waals surface area contributed by atoms with E-state index in [0.29, 0.717) is 12.4 Å². The number of hydrogen-bond donors (Lipinski definition) is 1. The number of nitrogens with two attached hydrogens (primary N) is 1. The number of thioether (sulfide) groups is 1. The first-order valence-electron chi connectivity index (χ1n) is 7.16. The van der Waals surface area contributed by atoms with Crippen molar-refractivity contribution in [1.82, 2.24) is 9.97 Å². The van der Waals surface area contributed by atoms with E-state index >= 15 is 0 Å². The summed E-state index contributed by atoms with van der Waals surface area (Å²) < 4.78 is 5.41. The quantitative estimate of drug-likeness (QED) is 0.921. The molecule has 0 bridgehead atoms. The molecule has 4 nitrogen and oxygen atoms in total. The molecule has 1 fully saturated rings. The van der Waals surface area contributed by atoms with Crippen molar-refractivity contribution in [3.05, 3.63) is 17.1 Å². The molecule has 2 aliphatic rings. The summed E-state index contributed by atoms with van der Waals surface area (Å²) in [5, 5.41) is 0.790. The van der Waals surface area contributed by atoms with E-state index in [4.69, 9.17) is 10.5 Å². The van der Waals surface area contributed by atoms with Gasteiger partial charge in [-0.2, -0.15) is 11.8 Å². The van der Waals surface area contributed by atoms with Crippen LogP contribution in [0.5, 0.6) is 0 Å². The van der Waals surface area contributed by atoms with Crippen molar-refractivity contribution in [1.29, 1.82) is 0 Å². The van der Waals surface area contributed by atoms with Crippen LogP contribution in [0.2, 0.25) is 0 Å². The summed E-state index contributed by atoms with van der Waals surface area (Å²) in [6, 6.07) is 0. The van der Waals surface area contributed by atoms with Crippen molar-refractivity contribution >= 4 is 17.6 Å². The summed E-state index contributed by atoms with van der Waals surface area (Å²) in [4.78, 5) is 9.10. The van der Waals surface area contributed by atoms with E-state index in [0.717, 1.165) is 41.1 Å². The van der Waals surface area contributed by atoms with Crippen LogP contribution in [0.15, 0.2) is 0 Å². The molecule has 0 saturated heterocycles. The molecule has 2 N–H and O–H groups in total. The Morgan fingerprint density at radius 1 is 1.21 bits per heavy atom. The van der Waals surface area contributed by atoms with E-state index < -0.39 is 0 Å². The Kier molecular flexibility index (Phi) is 4.23. The standard InChI is InChI=1S/C14H21N3OS/c15-14-11-8-18-7-6-12(11)16-13(17-14)9-19-10-4-2-1-3-5-10/h10H,1-9H2,(H2,15,16,17). The summed E-state index contributed by atoms with van der Waals surface area (Å²) >= 11 is 2.00. The summed E-state index contributed by atoms with van der Waals surface area (Å²) in [7, 11) is 0. The van der Waals surface area contributed by atoms with E-state index in [1.54, 1.807) is 0 Å². The molecule has 5 heteroatoms. The molecule has 0 spiro atoms. The van der Waals surface area contributed by atoms with Gasteiger partial charge in [-0.25, -0.2) is 9.97 Å².